The van der Waals surface area contributed by atoms with Crippen LogP contribution in [0.4, 0.5) is 5.69 Å². The van der Waals surface area contributed by atoms with E-state index < -0.39 is 0 Å². The first kappa shape index (κ1) is 16.5. The smallest absolute Gasteiger partial charge is 0.265 e. The Balaban J connectivity index is 1.56. The van der Waals surface area contributed by atoms with Gasteiger partial charge in [0.25, 0.3) is 5.91 Å². The van der Waals surface area contributed by atoms with Crippen LogP contribution >= 0.6 is 11.6 Å². The van der Waals surface area contributed by atoms with Crippen molar-refractivity contribution in [3.05, 3.63) is 47.5 Å². The van der Waals surface area contributed by atoms with Crippen molar-refractivity contribution < 1.29 is 19.0 Å². The van der Waals surface area contributed by atoms with Crippen molar-refractivity contribution in [1.82, 2.24) is 0 Å². The molecule has 0 radical (unpaired) electrons. The van der Waals surface area contributed by atoms with Crippen molar-refractivity contribution in [3.63, 3.8) is 0 Å². The first-order valence-electron chi connectivity index (χ1n) is 7.67. The highest BCUT2D eigenvalue weighted by molar-refractivity contribution is 6.31. The number of hydrogen-bond donors (Lipinski definition) is 0. The van der Waals surface area contributed by atoms with E-state index >= 15 is 0 Å². The molecule has 0 saturated heterocycles. The summed E-state index contributed by atoms with van der Waals surface area (Å²) < 4.78 is 16.2. The Hall–Kier alpha value is -2.40. The van der Waals surface area contributed by atoms with Crippen LogP contribution < -0.4 is 19.1 Å². The maximum absolute atomic E-state index is 12.1. The first-order valence-corrected chi connectivity index (χ1v) is 8.05. The topological polar surface area (TPSA) is 48.0 Å². The van der Waals surface area contributed by atoms with Crippen LogP contribution in [-0.4, -0.2) is 32.8 Å². The standard InChI is InChI=1S/C18H18ClNO4/c1-22-14-4-6-15(7-5-14)23-10-2-9-20-16-11-13(19)3-8-17(16)24-12-18(20)21/h3-8,11H,2,9-10,12H2,1H3. The summed E-state index contributed by atoms with van der Waals surface area (Å²) in [4.78, 5) is 13.8. The number of anilines is 1. The molecule has 1 amide bonds. The lowest BCUT2D eigenvalue weighted by atomic mass is 10.2. The van der Waals surface area contributed by atoms with E-state index in [4.69, 9.17) is 25.8 Å². The maximum atomic E-state index is 12.1. The van der Waals surface area contributed by atoms with Gasteiger partial charge in [0.1, 0.15) is 17.2 Å². The van der Waals surface area contributed by atoms with E-state index in [1.807, 2.05) is 24.3 Å². The zero-order valence-electron chi connectivity index (χ0n) is 13.3. The predicted octanol–water partition coefficient (Wildman–Crippen LogP) is 3.54. The van der Waals surface area contributed by atoms with Crippen molar-refractivity contribution in [2.75, 3.05) is 31.8 Å². The quantitative estimate of drug-likeness (QED) is 0.750. The summed E-state index contributed by atoms with van der Waals surface area (Å²) in [6.07, 6.45) is 0.698. The van der Waals surface area contributed by atoms with Crippen LogP contribution in [0.1, 0.15) is 6.42 Å². The molecule has 0 atom stereocenters. The molecule has 5 nitrogen and oxygen atoms in total. The summed E-state index contributed by atoms with van der Waals surface area (Å²) in [7, 11) is 1.62. The van der Waals surface area contributed by atoms with Crippen molar-refractivity contribution in [2.45, 2.75) is 6.42 Å². The molecule has 6 heteroatoms. The lowest BCUT2D eigenvalue weighted by molar-refractivity contribution is -0.121. The van der Waals surface area contributed by atoms with Crippen LogP contribution in [0.2, 0.25) is 5.02 Å². The Morgan fingerprint density at radius 3 is 2.67 bits per heavy atom. The molecule has 0 bridgehead atoms. The number of rotatable bonds is 6. The Morgan fingerprint density at radius 1 is 1.17 bits per heavy atom. The molecule has 1 aliphatic heterocycles. The van der Waals surface area contributed by atoms with Gasteiger partial charge in [0.2, 0.25) is 0 Å². The molecule has 0 N–H and O–H groups in total. The summed E-state index contributed by atoms with van der Waals surface area (Å²) in [5.74, 6) is 2.16. The van der Waals surface area contributed by atoms with E-state index in [9.17, 15) is 4.79 Å². The van der Waals surface area contributed by atoms with Crippen LogP contribution in [0.25, 0.3) is 0 Å². The average Bonchev–Trinajstić information content (AvgIpc) is 2.60. The molecular weight excluding hydrogens is 330 g/mol. The fourth-order valence-corrected chi connectivity index (χ4v) is 2.67. The lowest BCUT2D eigenvalue weighted by Gasteiger charge is -2.29. The second kappa shape index (κ2) is 7.45. The van der Waals surface area contributed by atoms with Crippen molar-refractivity contribution in [1.29, 1.82) is 0 Å². The van der Waals surface area contributed by atoms with Gasteiger partial charge >= 0.3 is 0 Å². The molecule has 1 heterocycles. The van der Waals surface area contributed by atoms with Crippen LogP contribution in [-0.2, 0) is 4.79 Å². The van der Waals surface area contributed by atoms with Gasteiger partial charge in [-0.3, -0.25) is 4.79 Å². The molecule has 1 aliphatic rings. The number of amides is 1. The normalized spacial score (nSPS) is 13.2. The van der Waals surface area contributed by atoms with Gasteiger partial charge in [0.15, 0.2) is 6.61 Å². The molecule has 126 valence electrons. The summed E-state index contributed by atoms with van der Waals surface area (Å²) >= 11 is 6.03. The number of benzene rings is 2. The second-order valence-corrected chi connectivity index (χ2v) is 5.76. The number of carbonyl (C=O) groups is 1. The van der Waals surface area contributed by atoms with E-state index in [-0.39, 0.29) is 12.5 Å². The largest absolute Gasteiger partial charge is 0.497 e. The molecule has 2 aromatic carbocycles. The Morgan fingerprint density at radius 2 is 1.92 bits per heavy atom. The first-order chi connectivity index (χ1) is 11.7. The van der Waals surface area contributed by atoms with Crippen LogP contribution in [0.15, 0.2) is 42.5 Å². The summed E-state index contributed by atoms with van der Waals surface area (Å²) in [6, 6.07) is 12.7. The third-order valence-electron chi connectivity index (χ3n) is 3.72. The average molecular weight is 348 g/mol. The van der Waals surface area contributed by atoms with Crippen LogP contribution in [0, 0.1) is 0 Å². The molecule has 0 aliphatic carbocycles. The Bertz CT molecular complexity index is 717. The number of fused-ring (bicyclic) bond motifs is 1. The molecule has 0 unspecified atom stereocenters. The zero-order chi connectivity index (χ0) is 16.9. The van der Waals surface area contributed by atoms with E-state index in [2.05, 4.69) is 0 Å². The van der Waals surface area contributed by atoms with Crippen LogP contribution in [0.3, 0.4) is 0 Å². The monoisotopic (exact) mass is 347 g/mol. The minimum absolute atomic E-state index is 0.0496. The number of carbonyl (C=O) groups excluding carboxylic acids is 1. The second-order valence-electron chi connectivity index (χ2n) is 5.32. The molecule has 0 spiro atoms. The van der Waals surface area contributed by atoms with E-state index in [1.165, 1.54) is 0 Å². The number of nitrogens with zero attached hydrogens (tertiary/aromatic N) is 1. The Kier molecular flexibility index (Phi) is 5.11. The van der Waals surface area contributed by atoms with Gasteiger partial charge in [-0.25, -0.2) is 0 Å². The van der Waals surface area contributed by atoms with Gasteiger partial charge in [-0.1, -0.05) is 11.6 Å². The SMILES string of the molecule is COc1ccc(OCCCN2C(=O)COc3ccc(Cl)cc32)cc1. The van der Waals surface area contributed by atoms with Crippen molar-refractivity contribution in [3.8, 4) is 17.2 Å². The van der Waals surface area contributed by atoms with Gasteiger partial charge in [-0.05, 0) is 48.9 Å². The van der Waals surface area contributed by atoms with Gasteiger partial charge in [-0.2, -0.15) is 0 Å². The zero-order valence-corrected chi connectivity index (χ0v) is 14.1. The highest BCUT2D eigenvalue weighted by atomic mass is 35.5. The molecule has 24 heavy (non-hydrogen) atoms. The van der Waals surface area contributed by atoms with Crippen molar-refractivity contribution >= 4 is 23.2 Å². The summed E-state index contributed by atoms with van der Waals surface area (Å²) in [5.41, 5.74) is 0.711. The molecule has 0 fully saturated rings. The molecule has 2 aromatic rings. The van der Waals surface area contributed by atoms with Gasteiger partial charge in [0.05, 0.1) is 19.4 Å². The Labute approximate surface area is 145 Å². The molecule has 3 rings (SSSR count). The van der Waals surface area contributed by atoms with Crippen molar-refractivity contribution in [2.24, 2.45) is 0 Å². The number of ether oxygens (including phenoxy) is 3. The lowest BCUT2D eigenvalue weighted by Crippen LogP contribution is -2.39. The number of hydrogen-bond acceptors (Lipinski definition) is 4. The highest BCUT2D eigenvalue weighted by Gasteiger charge is 2.25. The minimum Gasteiger partial charge on any atom is -0.497 e. The summed E-state index contributed by atoms with van der Waals surface area (Å²) in [6.45, 7) is 1.10. The van der Waals surface area contributed by atoms with E-state index in [0.717, 1.165) is 11.5 Å². The minimum atomic E-state index is -0.0748. The van der Waals surface area contributed by atoms with Gasteiger partial charge < -0.3 is 19.1 Å². The predicted molar refractivity (Wildman–Crippen MR) is 92.4 cm³/mol. The number of methoxy groups -OCH3 is 1. The van der Waals surface area contributed by atoms with E-state index in [1.54, 1.807) is 30.2 Å². The number of halogens is 1. The van der Waals surface area contributed by atoms with E-state index in [0.29, 0.717) is 36.0 Å². The third-order valence-corrected chi connectivity index (χ3v) is 3.95. The third kappa shape index (κ3) is 3.74. The fraction of sp³-hybridized carbons (Fsp3) is 0.278. The fourth-order valence-electron chi connectivity index (χ4n) is 2.51. The summed E-state index contributed by atoms with van der Waals surface area (Å²) in [5, 5.41) is 0.575. The molecule has 0 saturated carbocycles. The van der Waals surface area contributed by atoms with Gasteiger partial charge in [-0.15, -0.1) is 0 Å². The van der Waals surface area contributed by atoms with Gasteiger partial charge in [0, 0.05) is 11.6 Å². The van der Waals surface area contributed by atoms with Crippen LogP contribution in [0.5, 0.6) is 17.2 Å². The highest BCUT2D eigenvalue weighted by Crippen LogP contribution is 2.34. The molecule has 0 aromatic heterocycles. The maximum Gasteiger partial charge on any atom is 0.265 e. The molecular formula is C18H18ClNO4.